The molecule has 9 nitrogen and oxygen atoms in total. The molecule has 0 saturated carbocycles. The van der Waals surface area contributed by atoms with Crippen molar-refractivity contribution in [3.05, 3.63) is 39.4 Å². The fourth-order valence-corrected chi connectivity index (χ4v) is 2.39. The van der Waals surface area contributed by atoms with Crippen LogP contribution in [0.4, 0.5) is 0 Å². The van der Waals surface area contributed by atoms with Crippen LogP contribution in [0.1, 0.15) is 47.9 Å². The van der Waals surface area contributed by atoms with Gasteiger partial charge < -0.3 is 14.9 Å². The molecule has 2 rings (SSSR count). The zero-order valence-electron chi connectivity index (χ0n) is 15.3. The number of nitrogens with zero attached hydrogens (tertiary/aromatic N) is 2. The van der Waals surface area contributed by atoms with Gasteiger partial charge in [-0.2, -0.15) is 0 Å². The van der Waals surface area contributed by atoms with Gasteiger partial charge in [0.25, 0.3) is 16.9 Å². The predicted octanol–water partition coefficient (Wildman–Crippen LogP) is 1.90. The number of ether oxygens (including phenoxy) is 1. The van der Waals surface area contributed by atoms with E-state index in [4.69, 9.17) is 4.74 Å². The lowest BCUT2D eigenvalue weighted by atomic mass is 10.1. The Balaban J connectivity index is 0.000000597. The molecule has 1 heterocycles. The molecule has 0 saturated heterocycles. The van der Waals surface area contributed by atoms with Crippen LogP contribution < -0.4 is 10.1 Å². The maximum atomic E-state index is 12.3. The smallest absolute Gasteiger partial charge is 0.294 e. The normalized spacial score (nSPS) is 12.3. The highest BCUT2D eigenvalue weighted by Crippen LogP contribution is 2.30. The zero-order chi connectivity index (χ0) is 19.5. The van der Waals surface area contributed by atoms with Gasteiger partial charge in [-0.15, -0.1) is 10.1 Å². The second-order valence-corrected chi connectivity index (χ2v) is 5.24. The third-order valence-electron chi connectivity index (χ3n) is 3.48. The van der Waals surface area contributed by atoms with E-state index in [-0.39, 0.29) is 25.1 Å². The highest BCUT2D eigenvalue weighted by Gasteiger charge is 2.37. The molecule has 0 aromatic heterocycles. The summed E-state index contributed by atoms with van der Waals surface area (Å²) >= 11 is 0. The number of fused-ring (bicyclic) bond motifs is 1. The third-order valence-corrected chi connectivity index (χ3v) is 3.48. The number of hydrogen-bond acceptors (Lipinski definition) is 7. The first-order chi connectivity index (χ1) is 12.5. The maximum absolute atomic E-state index is 12.3. The molecule has 144 valence electrons. The summed E-state index contributed by atoms with van der Waals surface area (Å²) in [6.07, 6.45) is 0.191. The summed E-state index contributed by atoms with van der Waals surface area (Å²) in [6.45, 7) is 8.45. The van der Waals surface area contributed by atoms with Crippen molar-refractivity contribution in [2.45, 2.75) is 27.2 Å². The second-order valence-electron chi connectivity index (χ2n) is 5.24. The monoisotopic (exact) mass is 367 g/mol. The van der Waals surface area contributed by atoms with Gasteiger partial charge in [-0.25, -0.2) is 0 Å². The van der Waals surface area contributed by atoms with Gasteiger partial charge in [-0.3, -0.25) is 14.5 Å². The van der Waals surface area contributed by atoms with Gasteiger partial charge in [-0.1, -0.05) is 19.9 Å². The van der Waals surface area contributed by atoms with Crippen LogP contribution in [-0.4, -0.2) is 54.6 Å². The molecule has 1 aliphatic rings. The number of hydrogen-bond donors (Lipinski definition) is 1. The predicted molar refractivity (Wildman–Crippen MR) is 94.8 cm³/mol. The summed E-state index contributed by atoms with van der Waals surface area (Å²) in [5.41, 5.74) is 0.542. The van der Waals surface area contributed by atoms with Gasteiger partial charge in [0.15, 0.2) is 0 Å². The van der Waals surface area contributed by atoms with Gasteiger partial charge in [0.05, 0.1) is 24.3 Å². The van der Waals surface area contributed by atoms with E-state index < -0.39 is 16.9 Å². The summed E-state index contributed by atoms with van der Waals surface area (Å²) in [5, 5.41) is 12.2. The Morgan fingerprint density at radius 1 is 1.15 bits per heavy atom. The lowest BCUT2D eigenvalue weighted by Gasteiger charge is -2.13. The highest BCUT2D eigenvalue weighted by molar-refractivity contribution is 6.22. The molecule has 0 aliphatic carbocycles. The highest BCUT2D eigenvalue weighted by atomic mass is 16.9. The minimum atomic E-state index is -0.907. The molecule has 1 aromatic carbocycles. The van der Waals surface area contributed by atoms with Crippen molar-refractivity contribution >= 4 is 11.8 Å². The van der Waals surface area contributed by atoms with Gasteiger partial charge >= 0.3 is 0 Å². The Labute approximate surface area is 152 Å². The molecule has 0 atom stereocenters. The Hall–Kier alpha value is -2.68. The van der Waals surface area contributed by atoms with Crippen LogP contribution in [0.15, 0.2) is 18.2 Å². The quantitative estimate of drug-likeness (QED) is 0.307. The van der Waals surface area contributed by atoms with Gasteiger partial charge in [0, 0.05) is 6.54 Å². The van der Waals surface area contributed by atoms with E-state index in [1.165, 1.54) is 0 Å². The lowest BCUT2D eigenvalue weighted by molar-refractivity contribution is -0.757. The first-order valence-corrected chi connectivity index (χ1v) is 8.57. The van der Waals surface area contributed by atoms with E-state index in [1.807, 2.05) is 0 Å². The van der Waals surface area contributed by atoms with Crippen molar-refractivity contribution in [1.29, 1.82) is 0 Å². The molecule has 1 aromatic rings. The van der Waals surface area contributed by atoms with E-state index in [0.29, 0.717) is 17.9 Å². The number of amides is 2. The number of rotatable bonds is 9. The first-order valence-electron chi connectivity index (χ1n) is 8.57. The Kier molecular flexibility index (Phi) is 9.07. The summed E-state index contributed by atoms with van der Waals surface area (Å²) in [7, 11) is 0. The lowest BCUT2D eigenvalue weighted by Crippen LogP contribution is -2.31. The number of benzene rings is 1. The second kappa shape index (κ2) is 11.0. The molecule has 0 radical (unpaired) electrons. The number of imide groups is 1. The molecule has 1 aliphatic heterocycles. The summed E-state index contributed by atoms with van der Waals surface area (Å²) in [5.74, 6) is -0.491. The Morgan fingerprint density at radius 3 is 2.38 bits per heavy atom. The largest absolute Gasteiger partial charge is 0.493 e. The average Bonchev–Trinajstić information content (AvgIpc) is 2.85. The topological polar surface area (TPSA) is 111 Å². The Bertz CT molecular complexity index is 633. The van der Waals surface area contributed by atoms with Crippen LogP contribution in [0.3, 0.4) is 0 Å². The van der Waals surface area contributed by atoms with Crippen molar-refractivity contribution in [2.75, 3.05) is 32.8 Å². The van der Waals surface area contributed by atoms with Crippen LogP contribution in [0.2, 0.25) is 0 Å². The number of carbonyl (C=O) groups excluding carboxylic acids is 2. The molecule has 0 bridgehead atoms. The molecule has 1 N–H and O–H groups in total. The summed E-state index contributed by atoms with van der Waals surface area (Å²) in [4.78, 5) is 39.7. The van der Waals surface area contributed by atoms with Crippen molar-refractivity contribution in [2.24, 2.45) is 0 Å². The molecule has 9 heteroatoms. The van der Waals surface area contributed by atoms with Crippen LogP contribution in [0.5, 0.6) is 5.75 Å². The molecular weight excluding hydrogens is 342 g/mol. The summed E-state index contributed by atoms with van der Waals surface area (Å²) < 4.78 is 5.36. The third kappa shape index (κ3) is 5.69. The van der Waals surface area contributed by atoms with E-state index in [0.717, 1.165) is 18.0 Å². The zero-order valence-corrected chi connectivity index (χ0v) is 15.3. The SMILES string of the molecule is CCNCC.CCOc1cccc2c1C(=O)N(CCCO[N+](=O)[O-])C2=O. The van der Waals surface area contributed by atoms with Crippen molar-refractivity contribution < 1.29 is 24.3 Å². The molecule has 0 fully saturated rings. The van der Waals surface area contributed by atoms with Crippen LogP contribution in [0, 0.1) is 10.1 Å². The van der Waals surface area contributed by atoms with Gasteiger partial charge in [0.2, 0.25) is 0 Å². The van der Waals surface area contributed by atoms with Gasteiger partial charge in [-0.05, 0) is 38.6 Å². The summed E-state index contributed by atoms with van der Waals surface area (Å²) in [6, 6.07) is 4.84. The van der Waals surface area contributed by atoms with Crippen LogP contribution >= 0.6 is 0 Å². The van der Waals surface area contributed by atoms with E-state index in [9.17, 15) is 19.7 Å². The van der Waals surface area contributed by atoms with Gasteiger partial charge in [0.1, 0.15) is 5.75 Å². The van der Waals surface area contributed by atoms with Crippen molar-refractivity contribution in [3.63, 3.8) is 0 Å². The van der Waals surface area contributed by atoms with E-state index in [2.05, 4.69) is 24.0 Å². The van der Waals surface area contributed by atoms with E-state index in [1.54, 1.807) is 25.1 Å². The molecular formula is C17H25N3O6. The Morgan fingerprint density at radius 2 is 1.85 bits per heavy atom. The number of nitrogens with one attached hydrogen (secondary N) is 1. The first kappa shape index (κ1) is 21.4. The van der Waals surface area contributed by atoms with Crippen molar-refractivity contribution in [3.8, 4) is 5.75 Å². The molecule has 0 unspecified atom stereocenters. The fraction of sp³-hybridized carbons (Fsp3) is 0.529. The number of carbonyl (C=O) groups is 2. The fourth-order valence-electron chi connectivity index (χ4n) is 2.39. The van der Waals surface area contributed by atoms with E-state index >= 15 is 0 Å². The molecule has 2 amide bonds. The standard InChI is InChI=1S/C13H14N2O6.C4H11N/c1-2-20-10-6-3-5-9-11(10)13(17)14(12(9)16)7-4-8-21-15(18)19;1-3-5-4-2/h3,5-6H,2,4,7-8H2,1H3;5H,3-4H2,1-2H3. The maximum Gasteiger partial charge on any atom is 0.294 e. The average molecular weight is 367 g/mol. The minimum absolute atomic E-state index is 0.0613. The molecule has 0 spiro atoms. The van der Waals surface area contributed by atoms with Crippen molar-refractivity contribution in [1.82, 2.24) is 10.2 Å². The van der Waals surface area contributed by atoms with Crippen LogP contribution in [-0.2, 0) is 4.84 Å². The molecule has 26 heavy (non-hydrogen) atoms. The minimum Gasteiger partial charge on any atom is -0.493 e. The van der Waals surface area contributed by atoms with Crippen LogP contribution in [0.25, 0.3) is 0 Å².